The Morgan fingerprint density at radius 1 is 0.589 bits per heavy atom. The van der Waals surface area contributed by atoms with E-state index in [0.29, 0.717) is 5.56 Å². The zero-order valence-electron chi connectivity index (χ0n) is 40.5. The lowest BCUT2D eigenvalue weighted by molar-refractivity contribution is -0.143. The highest BCUT2D eigenvalue weighted by Gasteiger charge is 2.35. The molecule has 0 radical (unpaired) electrons. The predicted octanol–water partition coefficient (Wildman–Crippen LogP) is -6.57. The number of aliphatic hydroxyl groups excluding tert-OH is 1. The number of aliphatic hydroxyl groups is 1. The summed E-state index contributed by atoms with van der Waals surface area (Å²) in [6.07, 6.45) is -3.22. The Balaban J connectivity index is 3.36. The first-order chi connectivity index (χ1) is 34.0. The average Bonchev–Trinajstić information content (AvgIpc) is 3.28. The number of aliphatic imine (C=N–C) groups is 1. The molecule has 0 heterocycles. The van der Waals surface area contributed by atoms with Crippen molar-refractivity contribution in [3.8, 4) is 5.75 Å². The molecule has 9 amide bonds. The van der Waals surface area contributed by atoms with Gasteiger partial charge < -0.3 is 91.0 Å². The molecule has 406 valence electrons. The number of hydrogen-bond donors (Lipinski definition) is 17. The van der Waals surface area contributed by atoms with Crippen molar-refractivity contribution in [2.75, 3.05) is 19.7 Å². The number of carbonyl (C=O) groups excluding carboxylic acids is 9. The number of nitrogens with zero attached hydrogens (tertiary/aromatic N) is 1. The summed E-state index contributed by atoms with van der Waals surface area (Å²) < 4.78 is 0. The Hall–Kier alpha value is -8.15. The van der Waals surface area contributed by atoms with E-state index in [0.717, 1.165) is 0 Å². The van der Waals surface area contributed by atoms with E-state index >= 15 is 0 Å². The topological polar surface area (TPSA) is 519 Å². The van der Waals surface area contributed by atoms with Gasteiger partial charge in [-0.05, 0) is 48.8 Å². The van der Waals surface area contributed by atoms with Gasteiger partial charge in [0.05, 0.1) is 38.5 Å². The number of aromatic hydroxyl groups is 1. The first kappa shape index (κ1) is 62.9. The Bertz CT molecular complexity index is 2170. The van der Waals surface area contributed by atoms with E-state index in [2.05, 4.69) is 31.6 Å². The van der Waals surface area contributed by atoms with Crippen LogP contribution >= 0.6 is 0 Å². The molecule has 0 aliphatic rings. The minimum Gasteiger partial charge on any atom is -0.508 e. The van der Waals surface area contributed by atoms with Gasteiger partial charge in [0.2, 0.25) is 53.2 Å². The molecular formula is C43H67N13O17. The van der Waals surface area contributed by atoms with Gasteiger partial charge in [0.15, 0.2) is 5.96 Å². The minimum atomic E-state index is -1.96. The third-order valence-electron chi connectivity index (χ3n) is 10.2. The second-order valence-electron chi connectivity index (χ2n) is 17.3. The summed E-state index contributed by atoms with van der Waals surface area (Å²) in [5.41, 5.74) is 22.1. The Morgan fingerprint density at radius 3 is 1.62 bits per heavy atom. The van der Waals surface area contributed by atoms with Crippen molar-refractivity contribution in [2.24, 2.45) is 39.8 Å². The number of carbonyl (C=O) groups is 12. The van der Waals surface area contributed by atoms with E-state index in [1.807, 2.05) is 16.0 Å². The fourth-order valence-corrected chi connectivity index (χ4v) is 6.49. The molecule has 1 aromatic rings. The molecule has 1 aromatic carbocycles. The number of benzene rings is 1. The largest absolute Gasteiger partial charge is 0.508 e. The third kappa shape index (κ3) is 24.5. The Labute approximate surface area is 417 Å². The summed E-state index contributed by atoms with van der Waals surface area (Å²) in [5, 5.41) is 65.4. The summed E-state index contributed by atoms with van der Waals surface area (Å²) in [5.74, 6) is -15.8. The number of guanidine groups is 1. The van der Waals surface area contributed by atoms with Crippen LogP contribution in [0.2, 0.25) is 0 Å². The number of nitrogens with two attached hydrogens (primary N) is 4. The highest BCUT2D eigenvalue weighted by molar-refractivity contribution is 5.99. The van der Waals surface area contributed by atoms with E-state index in [1.54, 1.807) is 27.7 Å². The van der Waals surface area contributed by atoms with Crippen molar-refractivity contribution in [1.82, 2.24) is 42.5 Å². The number of carboxylic acid groups (broad SMARTS) is 3. The highest BCUT2D eigenvalue weighted by atomic mass is 16.4. The van der Waals surface area contributed by atoms with Crippen LogP contribution in [0.15, 0.2) is 29.3 Å². The van der Waals surface area contributed by atoms with Gasteiger partial charge in [-0.1, -0.05) is 39.8 Å². The number of nitrogens with one attached hydrogen (secondary N) is 8. The highest BCUT2D eigenvalue weighted by Crippen LogP contribution is 2.14. The van der Waals surface area contributed by atoms with Crippen molar-refractivity contribution in [1.29, 1.82) is 0 Å². The number of amides is 9. The molecule has 1 rings (SSSR count). The average molecular weight is 1040 g/mol. The van der Waals surface area contributed by atoms with E-state index in [9.17, 15) is 78.0 Å². The SMILES string of the molecule is CC(C)C[C@H](NC(=O)[C@H](Cc1ccc(O)cc1)NC(=O)[C@@H](NC(=O)[C@H](CCCN=C(N)N)NC(=O)[C@H](CC(N)=O)NC(=O)CNC(=O)[C@H](CC(=O)O)NC(=O)[C@H](CO)NC(=O)[C@@H](N)CC(=O)O)C(C)C)C(=O)O. The molecule has 0 aliphatic heterocycles. The van der Waals surface area contributed by atoms with Crippen LogP contribution < -0.4 is 65.5 Å². The van der Waals surface area contributed by atoms with Gasteiger partial charge in [0.25, 0.3) is 0 Å². The lowest BCUT2D eigenvalue weighted by Crippen LogP contribution is -2.60. The van der Waals surface area contributed by atoms with Crippen LogP contribution in [0, 0.1) is 11.8 Å². The minimum absolute atomic E-state index is 0.0153. The smallest absolute Gasteiger partial charge is 0.326 e. The molecule has 0 aromatic heterocycles. The normalized spacial score (nSPS) is 14.2. The number of hydrogen-bond acceptors (Lipinski definition) is 16. The first-order valence-corrected chi connectivity index (χ1v) is 22.6. The quantitative estimate of drug-likeness (QED) is 0.0177. The number of rotatable bonds is 33. The molecule has 0 saturated carbocycles. The third-order valence-corrected chi connectivity index (χ3v) is 10.2. The molecule has 0 unspecified atom stereocenters. The molecule has 0 bridgehead atoms. The van der Waals surface area contributed by atoms with Crippen LogP contribution in [0.4, 0.5) is 0 Å². The van der Waals surface area contributed by atoms with Crippen LogP contribution in [0.1, 0.15) is 71.8 Å². The maximum atomic E-state index is 14.0. The summed E-state index contributed by atoms with van der Waals surface area (Å²) in [6.45, 7) is 4.35. The molecule has 0 fully saturated rings. The molecule has 0 aliphatic carbocycles. The van der Waals surface area contributed by atoms with Crippen LogP contribution in [-0.4, -0.2) is 171 Å². The van der Waals surface area contributed by atoms with Crippen LogP contribution in [0.25, 0.3) is 0 Å². The second kappa shape index (κ2) is 31.2. The van der Waals surface area contributed by atoms with Crippen molar-refractivity contribution in [2.45, 2.75) is 121 Å². The van der Waals surface area contributed by atoms with Gasteiger partial charge >= 0.3 is 17.9 Å². The zero-order valence-corrected chi connectivity index (χ0v) is 40.5. The van der Waals surface area contributed by atoms with Gasteiger partial charge in [0.1, 0.15) is 48.0 Å². The van der Waals surface area contributed by atoms with Crippen molar-refractivity contribution < 1.29 is 83.1 Å². The number of phenols is 1. The Morgan fingerprint density at radius 2 is 1.10 bits per heavy atom. The van der Waals surface area contributed by atoms with E-state index < -0.39 is 158 Å². The first-order valence-electron chi connectivity index (χ1n) is 22.6. The predicted molar refractivity (Wildman–Crippen MR) is 254 cm³/mol. The van der Waals surface area contributed by atoms with Gasteiger partial charge in [-0.25, -0.2) is 4.79 Å². The number of primary amides is 1. The molecule has 30 heteroatoms. The van der Waals surface area contributed by atoms with Gasteiger partial charge in [-0.3, -0.25) is 57.7 Å². The number of aliphatic carboxylic acids is 3. The lowest BCUT2D eigenvalue weighted by atomic mass is 9.99. The maximum Gasteiger partial charge on any atom is 0.326 e. The molecule has 21 N–H and O–H groups in total. The maximum absolute atomic E-state index is 14.0. The monoisotopic (exact) mass is 1040 g/mol. The molecule has 8 atom stereocenters. The summed E-state index contributed by atoms with van der Waals surface area (Å²) in [6, 6.07) is -7.44. The van der Waals surface area contributed by atoms with Gasteiger partial charge in [-0.15, -0.1) is 0 Å². The van der Waals surface area contributed by atoms with Crippen LogP contribution in [0.5, 0.6) is 5.75 Å². The molecule has 0 saturated heterocycles. The van der Waals surface area contributed by atoms with Crippen molar-refractivity contribution >= 4 is 77.0 Å². The molecular weight excluding hydrogens is 971 g/mol. The Kier molecular flexibility index (Phi) is 26.9. The van der Waals surface area contributed by atoms with Gasteiger partial charge in [0, 0.05) is 13.0 Å². The number of carboxylic acids is 3. The standard InChI is InChI=1S/C43H67N13O17/c1-19(2)12-28(42(72)73)54-38(68)25(13-21-7-9-22(58)10-8-21)53-41(71)34(20(3)4)56-37(67)24(6-5-11-48-43(46)47)51-39(69)26(15-30(45)59)50-31(60)17-49-36(66)27(16-33(63)64)52-40(70)29(18-57)55-35(65)23(44)14-32(61)62/h7-10,19-20,23-29,34,57-58H,5-6,11-18,44H2,1-4H3,(H2,45,59)(H,49,66)(H,50,60)(H,51,69)(H,52,70)(H,53,71)(H,54,68)(H,55,65)(H,56,67)(H,61,62)(H,63,64)(H,72,73)(H4,46,47,48)/t23-,24-,25-,26-,27-,28-,29-,34-/m0/s1. The van der Waals surface area contributed by atoms with E-state index in [-0.39, 0.29) is 49.9 Å². The van der Waals surface area contributed by atoms with Crippen molar-refractivity contribution in [3.05, 3.63) is 29.8 Å². The summed E-state index contributed by atoms with van der Waals surface area (Å²) in [4.78, 5) is 157. The van der Waals surface area contributed by atoms with Crippen LogP contribution in [0.3, 0.4) is 0 Å². The van der Waals surface area contributed by atoms with Gasteiger partial charge in [-0.2, -0.15) is 0 Å². The molecule has 73 heavy (non-hydrogen) atoms. The lowest BCUT2D eigenvalue weighted by Gasteiger charge is -2.28. The van der Waals surface area contributed by atoms with Crippen LogP contribution in [-0.2, 0) is 64.0 Å². The van der Waals surface area contributed by atoms with Crippen molar-refractivity contribution in [3.63, 3.8) is 0 Å². The number of phenolic OH excluding ortho intramolecular Hbond substituents is 1. The van der Waals surface area contributed by atoms with E-state index in [1.165, 1.54) is 24.3 Å². The summed E-state index contributed by atoms with van der Waals surface area (Å²) >= 11 is 0. The summed E-state index contributed by atoms with van der Waals surface area (Å²) in [7, 11) is 0. The molecule has 30 nitrogen and oxygen atoms in total. The zero-order chi connectivity index (χ0) is 55.7. The fraction of sp³-hybridized carbons (Fsp3) is 0.558. The second-order valence-corrected chi connectivity index (χ2v) is 17.3. The van der Waals surface area contributed by atoms with E-state index in [4.69, 9.17) is 28.0 Å². The molecule has 0 spiro atoms. The fourth-order valence-electron chi connectivity index (χ4n) is 6.49.